The molecule has 0 atom stereocenters. The molecule has 3 aromatic rings. The van der Waals surface area contributed by atoms with Crippen molar-refractivity contribution in [2.75, 3.05) is 0 Å². The maximum atomic E-state index is 13.9. The molecule has 0 saturated carbocycles. The van der Waals surface area contributed by atoms with Gasteiger partial charge in [0.25, 0.3) is 5.56 Å². The molecule has 1 N–H and O–H groups in total. The number of H-pyrrole nitrogens is 1. The van der Waals surface area contributed by atoms with Gasteiger partial charge in [-0.15, -0.1) is 0 Å². The number of nitrogens with zero attached hydrogens (tertiary/aromatic N) is 2. The molecule has 2 aromatic heterocycles. The normalized spacial score (nSPS) is 11.7. The van der Waals surface area contributed by atoms with Crippen LogP contribution in [-0.2, 0) is 12.0 Å². The number of rotatable bonds is 5. The third-order valence-electron chi connectivity index (χ3n) is 4.05. The molecule has 0 aliphatic heterocycles. The Labute approximate surface area is 176 Å². The molecule has 0 amide bonds. The smallest absolute Gasteiger partial charge is 0.365 e. The number of aromatic amines is 1. The number of halogens is 5. The maximum Gasteiger partial charge on any atom is 0.365 e. The van der Waals surface area contributed by atoms with Gasteiger partial charge in [0, 0.05) is 0 Å². The average Bonchev–Trinajstić information content (AvgIpc) is 2.94. The number of aromatic nitrogens is 3. The van der Waals surface area contributed by atoms with E-state index in [1.807, 2.05) is 4.98 Å². The highest BCUT2D eigenvalue weighted by atomic mass is 35.5. The van der Waals surface area contributed by atoms with Crippen molar-refractivity contribution in [1.82, 2.24) is 14.7 Å². The number of nitrogens with one attached hydrogen (secondary N) is 1. The standard InChI is InChI=1S/C17H12Cl3F2N3O4/c1-7-10(8(2)29-24-7)6-28-12-4-3-9(5-11(12)18)25-14(17(20,21)22)13(19)15(26)23-16(25)27/h3-5H,6H2,1-2H3,(H,23,26,27). The van der Waals surface area contributed by atoms with E-state index in [-0.39, 0.29) is 23.1 Å². The summed E-state index contributed by atoms with van der Waals surface area (Å²) in [6, 6.07) is 3.86. The van der Waals surface area contributed by atoms with E-state index in [4.69, 9.17) is 44.1 Å². The van der Waals surface area contributed by atoms with Crippen LogP contribution in [0, 0.1) is 13.8 Å². The largest absolute Gasteiger partial charge is 0.487 e. The van der Waals surface area contributed by atoms with Gasteiger partial charge in [-0.3, -0.25) is 14.3 Å². The van der Waals surface area contributed by atoms with Crippen molar-refractivity contribution < 1.29 is 18.0 Å². The van der Waals surface area contributed by atoms with Crippen molar-refractivity contribution >= 4 is 34.8 Å². The van der Waals surface area contributed by atoms with Crippen molar-refractivity contribution in [3.05, 3.63) is 71.8 Å². The summed E-state index contributed by atoms with van der Waals surface area (Å²) in [7, 11) is 0. The van der Waals surface area contributed by atoms with Gasteiger partial charge in [0.1, 0.15) is 28.8 Å². The van der Waals surface area contributed by atoms with Gasteiger partial charge in [0.2, 0.25) is 0 Å². The highest BCUT2D eigenvalue weighted by Crippen LogP contribution is 2.37. The average molecular weight is 467 g/mol. The summed E-state index contributed by atoms with van der Waals surface area (Å²) in [5, 5.41) is -1.17. The van der Waals surface area contributed by atoms with Crippen LogP contribution < -0.4 is 16.0 Å². The van der Waals surface area contributed by atoms with Crippen LogP contribution in [0.4, 0.5) is 8.78 Å². The highest BCUT2D eigenvalue weighted by molar-refractivity contribution is 6.33. The first-order valence-corrected chi connectivity index (χ1v) is 9.10. The molecule has 12 heteroatoms. The van der Waals surface area contributed by atoms with Gasteiger partial charge in [0.05, 0.1) is 22.0 Å². The zero-order valence-electron chi connectivity index (χ0n) is 14.9. The van der Waals surface area contributed by atoms with Crippen molar-refractivity contribution in [2.45, 2.75) is 25.8 Å². The van der Waals surface area contributed by atoms with Crippen LogP contribution in [0.3, 0.4) is 0 Å². The zero-order chi connectivity index (χ0) is 21.5. The fourth-order valence-electron chi connectivity index (χ4n) is 2.62. The summed E-state index contributed by atoms with van der Waals surface area (Å²) in [5.41, 5.74) is -2.23. The first-order chi connectivity index (χ1) is 13.5. The molecule has 29 heavy (non-hydrogen) atoms. The second-order valence-electron chi connectivity index (χ2n) is 5.96. The third-order valence-corrected chi connectivity index (χ3v) is 4.87. The molecule has 154 valence electrons. The monoisotopic (exact) mass is 465 g/mol. The third kappa shape index (κ3) is 4.17. The van der Waals surface area contributed by atoms with Gasteiger partial charge in [-0.05, 0) is 43.6 Å². The summed E-state index contributed by atoms with van der Waals surface area (Å²) < 4.78 is 38.8. The molecule has 1 aromatic carbocycles. The molecule has 0 aliphatic rings. The lowest BCUT2D eigenvalue weighted by molar-refractivity contribution is 0.0866. The topological polar surface area (TPSA) is 90.1 Å². The van der Waals surface area contributed by atoms with Gasteiger partial charge >= 0.3 is 11.1 Å². The molecule has 0 unspecified atom stereocenters. The molecule has 0 bridgehead atoms. The summed E-state index contributed by atoms with van der Waals surface area (Å²) in [6.07, 6.45) is 0. The van der Waals surface area contributed by atoms with Crippen molar-refractivity contribution in [1.29, 1.82) is 0 Å². The minimum Gasteiger partial charge on any atom is -0.487 e. The maximum absolute atomic E-state index is 13.9. The number of hydrogen-bond acceptors (Lipinski definition) is 5. The van der Waals surface area contributed by atoms with E-state index in [1.54, 1.807) is 13.8 Å². The Morgan fingerprint density at radius 3 is 2.52 bits per heavy atom. The molecular formula is C17H12Cl3F2N3O4. The summed E-state index contributed by atoms with van der Waals surface area (Å²) in [5.74, 6) is 0.803. The van der Waals surface area contributed by atoms with Gasteiger partial charge in [-0.1, -0.05) is 28.4 Å². The summed E-state index contributed by atoms with van der Waals surface area (Å²) >= 11 is 16.9. The minimum atomic E-state index is -4.09. The van der Waals surface area contributed by atoms with Crippen LogP contribution in [0.5, 0.6) is 5.75 Å². The van der Waals surface area contributed by atoms with Crippen molar-refractivity contribution in [3.63, 3.8) is 0 Å². The lowest BCUT2D eigenvalue weighted by atomic mass is 10.2. The fraction of sp³-hybridized carbons (Fsp3) is 0.235. The van der Waals surface area contributed by atoms with Crippen LogP contribution in [0.1, 0.15) is 22.7 Å². The van der Waals surface area contributed by atoms with Gasteiger partial charge in [0.15, 0.2) is 0 Å². The quantitative estimate of drug-likeness (QED) is 0.566. The second-order valence-corrected chi connectivity index (χ2v) is 7.22. The Kier molecular flexibility index (Phi) is 5.75. The van der Waals surface area contributed by atoms with E-state index in [9.17, 15) is 18.4 Å². The van der Waals surface area contributed by atoms with E-state index in [0.29, 0.717) is 16.0 Å². The van der Waals surface area contributed by atoms with Gasteiger partial charge in [-0.25, -0.2) is 4.79 Å². The van der Waals surface area contributed by atoms with E-state index >= 15 is 0 Å². The second kappa shape index (κ2) is 7.81. The Morgan fingerprint density at radius 2 is 1.97 bits per heavy atom. The van der Waals surface area contributed by atoms with Crippen LogP contribution >= 0.6 is 34.8 Å². The molecule has 7 nitrogen and oxygen atoms in total. The van der Waals surface area contributed by atoms with Crippen LogP contribution in [0.2, 0.25) is 10.0 Å². The van der Waals surface area contributed by atoms with Gasteiger partial charge < -0.3 is 9.26 Å². The number of ether oxygens (including phenoxy) is 1. The number of hydrogen-bond donors (Lipinski definition) is 1. The number of benzene rings is 1. The lowest BCUT2D eigenvalue weighted by Crippen LogP contribution is -2.35. The molecule has 0 saturated heterocycles. The van der Waals surface area contributed by atoms with Crippen LogP contribution in [-0.4, -0.2) is 14.7 Å². The number of aryl methyl sites for hydroxylation is 2. The Bertz CT molecular complexity index is 1180. The first-order valence-electron chi connectivity index (χ1n) is 7.97. The SMILES string of the molecule is Cc1noc(C)c1COc1ccc(-n2c(C(F)(F)Cl)c(Cl)c(=O)[nH]c2=O)cc1Cl. The Morgan fingerprint density at radius 1 is 1.28 bits per heavy atom. The molecular weight excluding hydrogens is 455 g/mol. The molecule has 2 heterocycles. The molecule has 0 radical (unpaired) electrons. The molecule has 0 spiro atoms. The predicted molar refractivity (Wildman–Crippen MR) is 103 cm³/mol. The Balaban J connectivity index is 2.02. The van der Waals surface area contributed by atoms with E-state index in [2.05, 4.69) is 5.16 Å². The van der Waals surface area contributed by atoms with E-state index in [0.717, 1.165) is 5.56 Å². The summed E-state index contributed by atoms with van der Waals surface area (Å²) in [6.45, 7) is 3.58. The lowest BCUT2D eigenvalue weighted by Gasteiger charge is -2.17. The van der Waals surface area contributed by atoms with Crippen LogP contribution in [0.15, 0.2) is 32.3 Å². The van der Waals surface area contributed by atoms with Gasteiger partial charge in [-0.2, -0.15) is 8.78 Å². The minimum absolute atomic E-state index is 0.0207. The van der Waals surface area contributed by atoms with E-state index in [1.165, 1.54) is 18.2 Å². The Hall–Kier alpha value is -2.36. The van der Waals surface area contributed by atoms with Crippen LogP contribution in [0.25, 0.3) is 5.69 Å². The fourth-order valence-corrected chi connectivity index (χ4v) is 3.32. The summed E-state index contributed by atoms with van der Waals surface area (Å²) in [4.78, 5) is 25.6. The predicted octanol–water partition coefficient (Wildman–Crippen LogP) is 4.30. The van der Waals surface area contributed by atoms with Crippen molar-refractivity contribution in [3.8, 4) is 11.4 Å². The first kappa shape index (κ1) is 21.4. The zero-order valence-corrected chi connectivity index (χ0v) is 17.1. The number of alkyl halides is 3. The molecule has 3 rings (SSSR count). The van der Waals surface area contributed by atoms with Crippen molar-refractivity contribution in [2.24, 2.45) is 0 Å². The molecule has 0 fully saturated rings. The van der Waals surface area contributed by atoms with E-state index < -0.39 is 27.3 Å². The highest BCUT2D eigenvalue weighted by Gasteiger charge is 2.37. The molecule has 0 aliphatic carbocycles.